The summed E-state index contributed by atoms with van der Waals surface area (Å²) in [4.78, 5) is 31.3. The Morgan fingerprint density at radius 2 is 2.00 bits per heavy atom. The fourth-order valence-electron chi connectivity index (χ4n) is 3.99. The van der Waals surface area contributed by atoms with E-state index in [1.165, 1.54) is 0 Å². The van der Waals surface area contributed by atoms with Crippen LogP contribution < -0.4 is 20.5 Å². The van der Waals surface area contributed by atoms with Gasteiger partial charge < -0.3 is 20.5 Å². The molecule has 1 fully saturated rings. The minimum absolute atomic E-state index is 0.163. The first-order valence-electron chi connectivity index (χ1n) is 9.70. The van der Waals surface area contributed by atoms with Crippen molar-refractivity contribution in [2.24, 2.45) is 5.73 Å². The molecule has 4 rings (SSSR count). The SMILES string of the molecule is NC(=O)C1(c2ccccn2)CCCN(CC(=O)Nc2ccc3c(c2)OCCO3)C1. The minimum Gasteiger partial charge on any atom is -0.486 e. The number of ether oxygens (including phenoxy) is 2. The van der Waals surface area contributed by atoms with Gasteiger partial charge in [0.25, 0.3) is 0 Å². The highest BCUT2D eigenvalue weighted by molar-refractivity contribution is 5.93. The number of carbonyl (C=O) groups is 2. The first-order chi connectivity index (χ1) is 14.1. The monoisotopic (exact) mass is 396 g/mol. The maximum Gasteiger partial charge on any atom is 0.238 e. The summed E-state index contributed by atoms with van der Waals surface area (Å²) in [6, 6.07) is 10.8. The molecule has 8 nitrogen and oxygen atoms in total. The number of aromatic nitrogens is 1. The van der Waals surface area contributed by atoms with Gasteiger partial charge in [0, 0.05) is 24.5 Å². The van der Waals surface area contributed by atoms with Gasteiger partial charge in [0.2, 0.25) is 11.8 Å². The van der Waals surface area contributed by atoms with Crippen LogP contribution in [-0.2, 0) is 15.0 Å². The summed E-state index contributed by atoms with van der Waals surface area (Å²) in [5.41, 5.74) is 6.20. The van der Waals surface area contributed by atoms with E-state index in [-0.39, 0.29) is 12.5 Å². The normalized spacial score (nSPS) is 21.4. The van der Waals surface area contributed by atoms with Crippen molar-refractivity contribution in [1.29, 1.82) is 0 Å². The topological polar surface area (TPSA) is 107 Å². The van der Waals surface area contributed by atoms with Gasteiger partial charge in [-0.25, -0.2) is 0 Å². The molecule has 2 aliphatic heterocycles. The maximum absolute atomic E-state index is 12.6. The number of rotatable bonds is 5. The molecule has 0 bridgehead atoms. The Hall–Kier alpha value is -3.13. The second-order valence-electron chi connectivity index (χ2n) is 7.38. The molecule has 8 heteroatoms. The maximum atomic E-state index is 12.6. The highest BCUT2D eigenvalue weighted by atomic mass is 16.6. The Balaban J connectivity index is 1.44. The van der Waals surface area contributed by atoms with Gasteiger partial charge >= 0.3 is 0 Å². The molecule has 3 N–H and O–H groups in total. The number of pyridine rings is 1. The number of hydrogen-bond acceptors (Lipinski definition) is 6. The van der Waals surface area contributed by atoms with Crippen molar-refractivity contribution < 1.29 is 19.1 Å². The highest BCUT2D eigenvalue weighted by Crippen LogP contribution is 2.34. The van der Waals surface area contributed by atoms with Crippen molar-refractivity contribution in [3.63, 3.8) is 0 Å². The standard InChI is InChI=1S/C21H24N4O4/c22-20(27)21(18-4-1-2-8-23-18)7-3-9-25(14-21)13-19(26)24-15-5-6-16-17(12-15)29-11-10-28-16/h1-2,4-6,8,12H,3,7,9-11,13-14H2,(H2,22,27)(H,24,26). The van der Waals surface area contributed by atoms with Gasteiger partial charge in [0.05, 0.1) is 12.2 Å². The van der Waals surface area contributed by atoms with Crippen LogP contribution in [-0.4, -0.2) is 54.5 Å². The van der Waals surface area contributed by atoms with Gasteiger partial charge in [-0.2, -0.15) is 0 Å². The van der Waals surface area contributed by atoms with E-state index in [0.29, 0.717) is 49.1 Å². The summed E-state index contributed by atoms with van der Waals surface area (Å²) >= 11 is 0. The summed E-state index contributed by atoms with van der Waals surface area (Å²) in [5, 5.41) is 2.89. The number of carbonyl (C=O) groups excluding carboxylic acids is 2. The zero-order valence-corrected chi connectivity index (χ0v) is 16.1. The lowest BCUT2D eigenvalue weighted by Crippen LogP contribution is -2.55. The second-order valence-corrected chi connectivity index (χ2v) is 7.38. The van der Waals surface area contributed by atoms with E-state index in [4.69, 9.17) is 15.2 Å². The molecule has 152 valence electrons. The highest BCUT2D eigenvalue weighted by Gasteiger charge is 2.43. The molecule has 0 aliphatic carbocycles. The largest absolute Gasteiger partial charge is 0.486 e. The van der Waals surface area contributed by atoms with Gasteiger partial charge in [-0.3, -0.25) is 19.5 Å². The van der Waals surface area contributed by atoms with Gasteiger partial charge in [0.1, 0.15) is 18.6 Å². The van der Waals surface area contributed by atoms with E-state index in [0.717, 1.165) is 13.0 Å². The molecule has 2 aliphatic rings. The summed E-state index contributed by atoms with van der Waals surface area (Å²) in [6.07, 6.45) is 3.05. The van der Waals surface area contributed by atoms with Crippen molar-refractivity contribution in [2.45, 2.75) is 18.3 Å². The van der Waals surface area contributed by atoms with Crippen LogP contribution in [0.2, 0.25) is 0 Å². The Labute approximate surface area is 169 Å². The fraction of sp³-hybridized carbons (Fsp3) is 0.381. The fourth-order valence-corrected chi connectivity index (χ4v) is 3.99. The van der Waals surface area contributed by atoms with Crippen LogP contribution in [0, 0.1) is 0 Å². The van der Waals surface area contributed by atoms with E-state index in [2.05, 4.69) is 10.3 Å². The molecule has 3 heterocycles. The van der Waals surface area contributed by atoms with Crippen LogP contribution in [0.15, 0.2) is 42.6 Å². The van der Waals surface area contributed by atoms with Crippen LogP contribution >= 0.6 is 0 Å². The third-order valence-corrected chi connectivity index (χ3v) is 5.39. The number of piperidine rings is 1. The average Bonchev–Trinajstić information content (AvgIpc) is 2.74. The smallest absolute Gasteiger partial charge is 0.238 e. The molecule has 1 aromatic carbocycles. The number of fused-ring (bicyclic) bond motifs is 1. The molecule has 2 aromatic rings. The molecule has 29 heavy (non-hydrogen) atoms. The molecular weight excluding hydrogens is 372 g/mol. The predicted molar refractivity (Wildman–Crippen MR) is 107 cm³/mol. The van der Waals surface area contributed by atoms with Crippen LogP contribution in [0.3, 0.4) is 0 Å². The second kappa shape index (κ2) is 8.08. The van der Waals surface area contributed by atoms with Crippen LogP contribution in [0.25, 0.3) is 0 Å². The van der Waals surface area contributed by atoms with E-state index in [1.54, 1.807) is 30.5 Å². The zero-order valence-electron chi connectivity index (χ0n) is 16.1. The number of primary amides is 1. The third kappa shape index (κ3) is 4.02. The summed E-state index contributed by atoms with van der Waals surface area (Å²) in [7, 11) is 0. The quantitative estimate of drug-likeness (QED) is 0.789. The molecule has 0 spiro atoms. The van der Waals surface area contributed by atoms with Crippen molar-refractivity contribution in [2.75, 3.05) is 38.2 Å². The molecule has 1 saturated heterocycles. The molecule has 0 saturated carbocycles. The number of nitrogens with zero attached hydrogens (tertiary/aromatic N) is 2. The van der Waals surface area contributed by atoms with E-state index in [9.17, 15) is 9.59 Å². The van der Waals surface area contributed by atoms with Gasteiger partial charge in [-0.1, -0.05) is 6.07 Å². The number of likely N-dealkylation sites (tertiary alicyclic amines) is 1. The van der Waals surface area contributed by atoms with Gasteiger partial charge in [-0.15, -0.1) is 0 Å². The van der Waals surface area contributed by atoms with E-state index < -0.39 is 11.3 Å². The number of nitrogens with one attached hydrogen (secondary N) is 1. The number of nitrogens with two attached hydrogens (primary N) is 1. The van der Waals surface area contributed by atoms with Gasteiger partial charge in [0.15, 0.2) is 11.5 Å². The van der Waals surface area contributed by atoms with E-state index in [1.807, 2.05) is 17.0 Å². The minimum atomic E-state index is -0.878. The predicted octanol–water partition coefficient (Wildman–Crippen LogP) is 1.31. The first kappa shape index (κ1) is 19.2. The Morgan fingerprint density at radius 1 is 1.17 bits per heavy atom. The number of hydrogen-bond donors (Lipinski definition) is 2. The average molecular weight is 396 g/mol. The molecule has 1 unspecified atom stereocenters. The summed E-state index contributed by atoms with van der Waals surface area (Å²) < 4.78 is 11.0. The molecule has 1 atom stereocenters. The van der Waals surface area contributed by atoms with Crippen molar-refractivity contribution in [1.82, 2.24) is 9.88 Å². The lowest BCUT2D eigenvalue weighted by atomic mass is 9.76. The number of anilines is 1. The Morgan fingerprint density at radius 3 is 2.76 bits per heavy atom. The lowest BCUT2D eigenvalue weighted by molar-refractivity contribution is -0.127. The molecule has 1 aromatic heterocycles. The van der Waals surface area contributed by atoms with Crippen molar-refractivity contribution >= 4 is 17.5 Å². The van der Waals surface area contributed by atoms with Crippen molar-refractivity contribution in [3.8, 4) is 11.5 Å². The Bertz CT molecular complexity index is 905. The van der Waals surface area contributed by atoms with Crippen molar-refractivity contribution in [3.05, 3.63) is 48.3 Å². The molecule has 2 amide bonds. The summed E-state index contributed by atoms with van der Waals surface area (Å²) in [5.74, 6) is 0.720. The first-order valence-corrected chi connectivity index (χ1v) is 9.70. The van der Waals surface area contributed by atoms with Crippen LogP contribution in [0.4, 0.5) is 5.69 Å². The third-order valence-electron chi connectivity index (χ3n) is 5.39. The Kier molecular flexibility index (Phi) is 5.35. The van der Waals surface area contributed by atoms with Crippen LogP contribution in [0.1, 0.15) is 18.5 Å². The molecule has 0 radical (unpaired) electrons. The zero-order chi connectivity index (χ0) is 20.3. The van der Waals surface area contributed by atoms with E-state index >= 15 is 0 Å². The number of benzene rings is 1. The lowest BCUT2D eigenvalue weighted by Gasteiger charge is -2.40. The number of amides is 2. The summed E-state index contributed by atoms with van der Waals surface area (Å²) in [6.45, 7) is 2.26. The van der Waals surface area contributed by atoms with Crippen LogP contribution in [0.5, 0.6) is 11.5 Å². The van der Waals surface area contributed by atoms with Gasteiger partial charge in [-0.05, 0) is 43.7 Å². The molecular formula is C21H24N4O4.